The first-order valence-electron chi connectivity index (χ1n) is 5.21. The smallest absolute Gasteiger partial charge is 0.398 e. The van der Waals surface area contributed by atoms with Crippen LogP contribution >= 0.6 is 0 Å². The summed E-state index contributed by atoms with van der Waals surface area (Å²) in [6.45, 7) is 0.461. The highest BCUT2D eigenvalue weighted by molar-refractivity contribution is 6.55. The van der Waals surface area contributed by atoms with Gasteiger partial charge in [-0.1, -0.05) is 0 Å². The Hall–Kier alpha value is 0.154. The van der Waals surface area contributed by atoms with Gasteiger partial charge in [0.05, 0.1) is 5.73 Å². The molecule has 0 fully saturated rings. The van der Waals surface area contributed by atoms with Crippen LogP contribution in [-0.4, -0.2) is 66.2 Å². The molecule has 0 saturated heterocycles. The molecule has 9 heteroatoms. The maximum absolute atomic E-state index is 5.77. The van der Waals surface area contributed by atoms with Gasteiger partial charge in [0.15, 0.2) is 0 Å². The van der Waals surface area contributed by atoms with Gasteiger partial charge in [0.2, 0.25) is 0 Å². The summed E-state index contributed by atoms with van der Waals surface area (Å²) < 4.78 is 31.9. The Morgan fingerprint density at radius 1 is 1.00 bits per heavy atom. The topological polar surface area (TPSA) is 81.4 Å². The van der Waals surface area contributed by atoms with Gasteiger partial charge < -0.3 is 32.3 Å². The van der Waals surface area contributed by atoms with E-state index in [1.54, 1.807) is 14.2 Å². The van der Waals surface area contributed by atoms with Crippen LogP contribution in [-0.2, 0) is 26.6 Å². The van der Waals surface area contributed by atoms with Crippen molar-refractivity contribution in [1.82, 2.24) is 0 Å². The van der Waals surface area contributed by atoms with Crippen LogP contribution in [0.25, 0.3) is 0 Å². The van der Waals surface area contributed by atoms with Crippen LogP contribution < -0.4 is 5.73 Å². The van der Waals surface area contributed by atoms with Gasteiger partial charge in [-0.3, -0.25) is 0 Å². The summed E-state index contributed by atoms with van der Waals surface area (Å²) in [7, 11) is 2.55. The van der Waals surface area contributed by atoms with Gasteiger partial charge in [0.25, 0.3) is 0 Å². The van der Waals surface area contributed by atoms with E-state index in [2.05, 4.69) is 0 Å². The molecule has 0 rings (SSSR count). The molecular formula is C8H23NO6Si2. The molecule has 1 atom stereocenters. The molecule has 0 heterocycles. The van der Waals surface area contributed by atoms with Crippen molar-refractivity contribution in [3.8, 4) is 0 Å². The van der Waals surface area contributed by atoms with E-state index < -0.39 is 18.3 Å². The van der Waals surface area contributed by atoms with Crippen molar-refractivity contribution < 1.29 is 26.6 Å². The van der Waals surface area contributed by atoms with Crippen LogP contribution in [0.3, 0.4) is 0 Å². The zero-order chi connectivity index (χ0) is 13.3. The minimum absolute atomic E-state index is 0.276. The summed E-state index contributed by atoms with van der Waals surface area (Å²) in [6.07, 6.45) is 0.601. The Morgan fingerprint density at radius 2 is 1.47 bits per heavy atom. The van der Waals surface area contributed by atoms with Crippen molar-refractivity contribution in [3.05, 3.63) is 0 Å². The number of hydrogen-bond donors (Lipinski definition) is 1. The third-order valence-electron chi connectivity index (χ3n) is 2.27. The van der Waals surface area contributed by atoms with Crippen molar-refractivity contribution in [3.63, 3.8) is 0 Å². The SMILES string of the molecule is CO[SiH](OC)C(CCN)O[Si](OC)(OC)OC. The fraction of sp³-hybridized carbons (Fsp3) is 1.00. The first-order valence-corrected chi connectivity index (χ1v) is 8.46. The zero-order valence-corrected chi connectivity index (χ0v) is 13.3. The first-order chi connectivity index (χ1) is 8.12. The van der Waals surface area contributed by atoms with Crippen LogP contribution in [0.2, 0.25) is 0 Å². The zero-order valence-electron chi connectivity index (χ0n) is 11.1. The van der Waals surface area contributed by atoms with Crippen LogP contribution in [0, 0.1) is 0 Å². The van der Waals surface area contributed by atoms with E-state index in [1.165, 1.54) is 21.3 Å². The third kappa shape index (κ3) is 5.11. The van der Waals surface area contributed by atoms with Gasteiger partial charge in [0.1, 0.15) is 0 Å². The number of rotatable bonds is 10. The predicted octanol–water partition coefficient (Wildman–Crippen LogP) is -0.852. The quantitative estimate of drug-likeness (QED) is 0.523. The Labute approximate surface area is 105 Å². The summed E-state index contributed by atoms with van der Waals surface area (Å²) in [4.78, 5) is 0. The standard InChI is InChI=1S/C8H23NO6Si2/c1-10-16(11-2)8(6-7-9)15-17(12-3,13-4)14-5/h8,16H,6-7,9H2,1-5H3. The Balaban J connectivity index is 4.70. The Bertz CT molecular complexity index is 183. The fourth-order valence-electron chi connectivity index (χ4n) is 1.39. The molecule has 0 saturated carbocycles. The molecule has 0 amide bonds. The lowest BCUT2D eigenvalue weighted by atomic mass is 10.5. The molecule has 0 aromatic rings. The molecule has 17 heavy (non-hydrogen) atoms. The van der Waals surface area contributed by atoms with Gasteiger partial charge in [-0.15, -0.1) is 0 Å². The third-order valence-corrected chi connectivity index (χ3v) is 6.63. The highest BCUT2D eigenvalue weighted by Gasteiger charge is 2.47. The highest BCUT2D eigenvalue weighted by atomic mass is 28.4. The van der Waals surface area contributed by atoms with Crippen LogP contribution in [0.15, 0.2) is 0 Å². The molecule has 2 N–H and O–H groups in total. The van der Waals surface area contributed by atoms with E-state index >= 15 is 0 Å². The average molecular weight is 285 g/mol. The molecule has 0 aromatic heterocycles. The van der Waals surface area contributed by atoms with Crippen molar-refractivity contribution in [2.75, 3.05) is 42.1 Å². The van der Waals surface area contributed by atoms with E-state index in [0.717, 1.165) is 0 Å². The fourth-order valence-corrected chi connectivity index (χ4v) is 4.88. The van der Waals surface area contributed by atoms with Crippen molar-refractivity contribution >= 4 is 18.3 Å². The van der Waals surface area contributed by atoms with E-state index in [4.69, 9.17) is 32.3 Å². The van der Waals surface area contributed by atoms with Crippen molar-refractivity contribution in [2.24, 2.45) is 5.73 Å². The van der Waals surface area contributed by atoms with E-state index in [0.29, 0.717) is 13.0 Å². The van der Waals surface area contributed by atoms with Crippen LogP contribution in [0.4, 0.5) is 0 Å². The van der Waals surface area contributed by atoms with Gasteiger partial charge in [-0.05, 0) is 13.0 Å². The normalized spacial score (nSPS) is 14.3. The highest BCUT2D eigenvalue weighted by Crippen LogP contribution is 2.15. The monoisotopic (exact) mass is 285 g/mol. The molecule has 104 valence electrons. The molecule has 1 unspecified atom stereocenters. The summed E-state index contributed by atoms with van der Waals surface area (Å²) in [6, 6.07) is 0. The molecule has 0 bridgehead atoms. The number of hydrogen-bond acceptors (Lipinski definition) is 7. The van der Waals surface area contributed by atoms with Gasteiger partial charge in [-0.25, -0.2) is 0 Å². The van der Waals surface area contributed by atoms with E-state index in [9.17, 15) is 0 Å². The molecule has 0 aliphatic heterocycles. The lowest BCUT2D eigenvalue weighted by Gasteiger charge is -2.30. The second-order valence-corrected chi connectivity index (χ2v) is 8.07. The predicted molar refractivity (Wildman–Crippen MR) is 66.5 cm³/mol. The first kappa shape index (κ1) is 17.2. The maximum atomic E-state index is 5.77. The maximum Gasteiger partial charge on any atom is 0.679 e. The molecule has 0 aliphatic rings. The lowest BCUT2D eigenvalue weighted by molar-refractivity contribution is -0.0139. The Kier molecular flexibility index (Phi) is 9.22. The number of nitrogens with two attached hydrogens (primary N) is 1. The second kappa shape index (κ2) is 9.13. The minimum Gasteiger partial charge on any atom is -0.398 e. The Morgan fingerprint density at radius 3 is 1.76 bits per heavy atom. The van der Waals surface area contributed by atoms with E-state index in [1.807, 2.05) is 0 Å². The lowest BCUT2D eigenvalue weighted by Crippen LogP contribution is -2.53. The molecule has 0 aromatic carbocycles. The summed E-state index contributed by atoms with van der Waals surface area (Å²) in [5.74, 6) is 0. The summed E-state index contributed by atoms with van der Waals surface area (Å²) in [5, 5.41) is 0. The molecular weight excluding hydrogens is 262 g/mol. The summed E-state index contributed by atoms with van der Waals surface area (Å²) in [5.41, 5.74) is 5.27. The van der Waals surface area contributed by atoms with Crippen LogP contribution in [0.5, 0.6) is 0 Å². The minimum atomic E-state index is -3.09. The van der Waals surface area contributed by atoms with Crippen LogP contribution in [0.1, 0.15) is 6.42 Å². The molecule has 0 radical (unpaired) electrons. The molecule has 0 aliphatic carbocycles. The van der Waals surface area contributed by atoms with Gasteiger partial charge in [0, 0.05) is 35.5 Å². The van der Waals surface area contributed by atoms with Gasteiger partial charge >= 0.3 is 18.3 Å². The van der Waals surface area contributed by atoms with Crippen molar-refractivity contribution in [1.29, 1.82) is 0 Å². The molecule has 7 nitrogen and oxygen atoms in total. The summed E-state index contributed by atoms with van der Waals surface area (Å²) >= 11 is 0. The largest absolute Gasteiger partial charge is 0.679 e. The van der Waals surface area contributed by atoms with Crippen molar-refractivity contribution in [2.45, 2.75) is 12.1 Å². The van der Waals surface area contributed by atoms with Gasteiger partial charge in [-0.2, -0.15) is 0 Å². The van der Waals surface area contributed by atoms with E-state index in [-0.39, 0.29) is 5.73 Å². The second-order valence-electron chi connectivity index (χ2n) is 3.19. The average Bonchev–Trinajstić information content (AvgIpc) is 2.37. The molecule has 0 spiro atoms.